The lowest BCUT2D eigenvalue weighted by Crippen LogP contribution is -2.24. The van der Waals surface area contributed by atoms with E-state index in [0.717, 1.165) is 11.3 Å². The quantitative estimate of drug-likeness (QED) is 0.687. The van der Waals surface area contributed by atoms with Gasteiger partial charge >= 0.3 is 0 Å². The summed E-state index contributed by atoms with van der Waals surface area (Å²) in [6.07, 6.45) is 0. The zero-order valence-corrected chi connectivity index (χ0v) is 13.4. The molecule has 3 rings (SSSR count). The summed E-state index contributed by atoms with van der Waals surface area (Å²) in [5, 5.41) is 11.5. The van der Waals surface area contributed by atoms with Gasteiger partial charge in [0.15, 0.2) is 10.8 Å². The van der Waals surface area contributed by atoms with Gasteiger partial charge in [-0.1, -0.05) is 42.1 Å². The number of fused-ring (bicyclic) bond motifs is 1. The highest BCUT2D eigenvalue weighted by Gasteiger charge is 2.12. The summed E-state index contributed by atoms with van der Waals surface area (Å²) in [6.45, 7) is 2.35. The van der Waals surface area contributed by atoms with Crippen LogP contribution in [0.3, 0.4) is 0 Å². The van der Waals surface area contributed by atoms with Gasteiger partial charge in [0.05, 0.1) is 5.75 Å². The molecule has 2 heterocycles. The van der Waals surface area contributed by atoms with Crippen LogP contribution in [0.5, 0.6) is 0 Å². The molecule has 2 aromatic heterocycles. The van der Waals surface area contributed by atoms with Gasteiger partial charge in [-0.2, -0.15) is 0 Å². The van der Waals surface area contributed by atoms with Gasteiger partial charge in [-0.25, -0.2) is 9.38 Å². The van der Waals surface area contributed by atoms with Crippen molar-refractivity contribution in [3.8, 4) is 0 Å². The molecule has 0 aliphatic heterocycles. The number of rotatable bonds is 5. The van der Waals surface area contributed by atoms with Crippen molar-refractivity contribution in [2.24, 2.45) is 0 Å². The van der Waals surface area contributed by atoms with Crippen LogP contribution in [0.25, 0.3) is 5.65 Å². The molecule has 1 amide bonds. The monoisotopic (exact) mass is 328 g/mol. The molecule has 0 saturated carbocycles. The summed E-state index contributed by atoms with van der Waals surface area (Å²) >= 11 is 1.28. The summed E-state index contributed by atoms with van der Waals surface area (Å²) in [7, 11) is 0. The molecule has 0 bridgehead atoms. The lowest BCUT2D eigenvalue weighted by atomic mass is 10.2. The Morgan fingerprint density at radius 1 is 1.30 bits per heavy atom. The standard InChI is InChI=1S/C15H16N6OS/c1-10-7-12-19-20-15(21(12)14(16)18-10)23-9-13(22)17-8-11-5-3-2-4-6-11/h2-7H,8-9H2,1H3,(H2,16,18)(H,17,22). The van der Waals surface area contributed by atoms with Crippen LogP contribution in [0.1, 0.15) is 11.3 Å². The number of aryl methyl sites for hydroxylation is 1. The number of hydrogen-bond acceptors (Lipinski definition) is 6. The van der Waals surface area contributed by atoms with E-state index < -0.39 is 0 Å². The van der Waals surface area contributed by atoms with Crippen LogP contribution in [0.15, 0.2) is 41.6 Å². The van der Waals surface area contributed by atoms with E-state index in [1.807, 2.05) is 37.3 Å². The smallest absolute Gasteiger partial charge is 0.230 e. The molecule has 0 aliphatic rings. The Hall–Kier alpha value is -2.61. The average Bonchev–Trinajstić information content (AvgIpc) is 2.95. The predicted molar refractivity (Wildman–Crippen MR) is 88.9 cm³/mol. The Kier molecular flexibility index (Phi) is 4.42. The van der Waals surface area contributed by atoms with Crippen LogP contribution in [0.4, 0.5) is 5.95 Å². The van der Waals surface area contributed by atoms with Gasteiger partial charge < -0.3 is 11.1 Å². The fraction of sp³-hybridized carbons (Fsp3) is 0.200. The number of carbonyl (C=O) groups excluding carboxylic acids is 1. The fourth-order valence-electron chi connectivity index (χ4n) is 2.11. The van der Waals surface area contributed by atoms with Gasteiger partial charge in [-0.3, -0.25) is 4.79 Å². The zero-order valence-electron chi connectivity index (χ0n) is 12.6. The van der Waals surface area contributed by atoms with Crippen LogP contribution in [0.2, 0.25) is 0 Å². The number of aromatic nitrogens is 4. The molecule has 8 heteroatoms. The maximum atomic E-state index is 12.0. The summed E-state index contributed by atoms with van der Waals surface area (Å²) in [6, 6.07) is 11.6. The minimum Gasteiger partial charge on any atom is -0.369 e. The number of nitrogen functional groups attached to an aromatic ring is 1. The lowest BCUT2D eigenvalue weighted by molar-refractivity contribution is -0.118. The van der Waals surface area contributed by atoms with E-state index in [1.165, 1.54) is 11.8 Å². The van der Waals surface area contributed by atoms with Gasteiger partial charge in [-0.05, 0) is 12.5 Å². The van der Waals surface area contributed by atoms with Crippen molar-refractivity contribution in [3.05, 3.63) is 47.7 Å². The first-order valence-electron chi connectivity index (χ1n) is 7.05. The van der Waals surface area contributed by atoms with Gasteiger partial charge in [-0.15, -0.1) is 10.2 Å². The van der Waals surface area contributed by atoms with Crippen LogP contribution in [-0.2, 0) is 11.3 Å². The fourth-order valence-corrected chi connectivity index (χ4v) is 2.89. The lowest BCUT2D eigenvalue weighted by Gasteiger charge is -2.05. The molecular formula is C15H16N6OS. The molecule has 23 heavy (non-hydrogen) atoms. The molecule has 0 saturated heterocycles. The van der Waals surface area contributed by atoms with Crippen LogP contribution >= 0.6 is 11.8 Å². The van der Waals surface area contributed by atoms with E-state index in [9.17, 15) is 4.79 Å². The number of nitrogens with two attached hydrogens (primary N) is 1. The van der Waals surface area contributed by atoms with Crippen molar-refractivity contribution < 1.29 is 4.79 Å². The normalized spacial score (nSPS) is 10.8. The molecule has 3 N–H and O–H groups in total. The predicted octanol–water partition coefficient (Wildman–Crippen LogP) is 1.42. The zero-order chi connectivity index (χ0) is 16.2. The minimum absolute atomic E-state index is 0.0748. The minimum atomic E-state index is -0.0748. The number of benzene rings is 1. The van der Waals surface area contributed by atoms with E-state index in [1.54, 1.807) is 10.5 Å². The second-order valence-corrected chi connectivity index (χ2v) is 5.93. The van der Waals surface area contributed by atoms with Crippen LogP contribution in [-0.4, -0.2) is 31.2 Å². The van der Waals surface area contributed by atoms with Crippen molar-refractivity contribution in [1.29, 1.82) is 0 Å². The third-order valence-corrected chi connectivity index (χ3v) is 4.11. The highest BCUT2D eigenvalue weighted by molar-refractivity contribution is 7.99. The average molecular weight is 328 g/mol. The largest absolute Gasteiger partial charge is 0.369 e. The SMILES string of the molecule is Cc1cc2nnc(SCC(=O)NCc3ccccc3)n2c(N)n1. The van der Waals surface area contributed by atoms with E-state index in [4.69, 9.17) is 5.73 Å². The number of nitrogens with one attached hydrogen (secondary N) is 1. The second kappa shape index (κ2) is 6.66. The molecule has 3 aromatic rings. The molecule has 0 fully saturated rings. The number of amides is 1. The van der Waals surface area contributed by atoms with Crippen molar-refractivity contribution in [2.45, 2.75) is 18.6 Å². The first-order valence-corrected chi connectivity index (χ1v) is 8.04. The van der Waals surface area contributed by atoms with Gasteiger partial charge in [0, 0.05) is 18.3 Å². The van der Waals surface area contributed by atoms with Gasteiger partial charge in [0.1, 0.15) is 0 Å². The third-order valence-electron chi connectivity index (χ3n) is 3.18. The molecule has 118 valence electrons. The van der Waals surface area contributed by atoms with Crippen molar-refractivity contribution >= 4 is 29.3 Å². The van der Waals surface area contributed by atoms with E-state index in [0.29, 0.717) is 23.3 Å². The first-order chi connectivity index (χ1) is 11.1. The summed E-state index contributed by atoms with van der Waals surface area (Å²) in [4.78, 5) is 16.1. The topological polar surface area (TPSA) is 98.2 Å². The molecule has 1 aromatic carbocycles. The van der Waals surface area contributed by atoms with Gasteiger partial charge in [0.2, 0.25) is 11.9 Å². The Morgan fingerprint density at radius 2 is 2.09 bits per heavy atom. The van der Waals surface area contributed by atoms with Crippen LogP contribution in [0, 0.1) is 6.92 Å². The van der Waals surface area contributed by atoms with Gasteiger partial charge in [0.25, 0.3) is 0 Å². The maximum absolute atomic E-state index is 12.0. The Morgan fingerprint density at radius 3 is 2.87 bits per heavy atom. The molecule has 7 nitrogen and oxygen atoms in total. The van der Waals surface area contributed by atoms with E-state index >= 15 is 0 Å². The van der Waals surface area contributed by atoms with Crippen molar-refractivity contribution in [2.75, 3.05) is 11.5 Å². The molecule has 0 aliphatic carbocycles. The molecular weight excluding hydrogens is 312 g/mol. The number of hydrogen-bond donors (Lipinski definition) is 2. The molecule has 0 unspecified atom stereocenters. The van der Waals surface area contributed by atoms with Crippen LogP contribution < -0.4 is 11.1 Å². The van der Waals surface area contributed by atoms with Crippen molar-refractivity contribution in [1.82, 2.24) is 24.9 Å². The maximum Gasteiger partial charge on any atom is 0.230 e. The molecule has 0 atom stereocenters. The summed E-state index contributed by atoms with van der Waals surface area (Å²) < 4.78 is 1.64. The molecule has 0 spiro atoms. The molecule has 0 radical (unpaired) electrons. The Balaban J connectivity index is 1.61. The number of thioether (sulfide) groups is 1. The Labute approximate surface area is 137 Å². The third kappa shape index (κ3) is 3.59. The first kappa shape index (κ1) is 15.3. The second-order valence-electron chi connectivity index (χ2n) is 4.98. The summed E-state index contributed by atoms with van der Waals surface area (Å²) in [5.41, 5.74) is 8.36. The van der Waals surface area contributed by atoms with E-state index in [-0.39, 0.29) is 11.7 Å². The number of carbonyl (C=O) groups is 1. The number of anilines is 1. The Bertz CT molecular complexity index is 833. The highest BCUT2D eigenvalue weighted by atomic mass is 32.2. The summed E-state index contributed by atoms with van der Waals surface area (Å²) in [5.74, 6) is 0.479. The van der Waals surface area contributed by atoms with E-state index in [2.05, 4.69) is 20.5 Å². The number of nitrogens with zero attached hydrogens (tertiary/aromatic N) is 4. The van der Waals surface area contributed by atoms with Crippen molar-refractivity contribution in [3.63, 3.8) is 0 Å². The highest BCUT2D eigenvalue weighted by Crippen LogP contribution is 2.19.